The average Bonchev–Trinajstić information content (AvgIpc) is 2.76. The van der Waals surface area contributed by atoms with Crippen molar-refractivity contribution >= 4 is 5.78 Å². The number of Topliss-reactive ketones (excluding diaryl/α,β-unsaturated/α-hetero) is 1. The topological polar surface area (TPSA) is 69.0 Å². The fourth-order valence-corrected chi connectivity index (χ4v) is 2.05. The van der Waals surface area contributed by atoms with Crippen LogP contribution in [-0.2, 0) is 23.0 Å². The van der Waals surface area contributed by atoms with Crippen LogP contribution in [-0.4, -0.2) is 46.3 Å². The number of ketones is 1. The van der Waals surface area contributed by atoms with Crippen molar-refractivity contribution in [3.8, 4) is 0 Å². The number of nitrogens with zero attached hydrogens (tertiary/aromatic N) is 3. The summed E-state index contributed by atoms with van der Waals surface area (Å²) in [7, 11) is 1.79. The Morgan fingerprint density at radius 3 is 3.00 bits per heavy atom. The van der Waals surface area contributed by atoms with Gasteiger partial charge in [0, 0.05) is 13.5 Å². The molecule has 0 atom stereocenters. The molecule has 1 saturated heterocycles. The van der Waals surface area contributed by atoms with Crippen molar-refractivity contribution < 1.29 is 9.53 Å². The van der Waals surface area contributed by atoms with Crippen molar-refractivity contribution in [2.45, 2.75) is 31.8 Å². The first kappa shape index (κ1) is 13.2. The number of carbonyl (C=O) groups excluding carboxylic acids is 1. The molecule has 18 heavy (non-hydrogen) atoms. The second-order valence-electron chi connectivity index (χ2n) is 4.59. The van der Waals surface area contributed by atoms with E-state index in [1.807, 2.05) is 0 Å². The number of rotatable bonds is 6. The summed E-state index contributed by atoms with van der Waals surface area (Å²) < 4.78 is 7.33. The van der Waals surface area contributed by atoms with Gasteiger partial charge in [0.2, 0.25) is 0 Å². The highest BCUT2D eigenvalue weighted by Gasteiger charge is 2.14. The van der Waals surface area contributed by atoms with E-state index in [1.165, 1.54) is 6.33 Å². The minimum atomic E-state index is 0.153. The molecular weight excluding hydrogens is 232 g/mol. The zero-order chi connectivity index (χ0) is 12.8. The molecule has 1 aliphatic rings. The van der Waals surface area contributed by atoms with Gasteiger partial charge in [-0.15, -0.1) is 0 Å². The molecule has 1 fully saturated rings. The molecule has 0 unspecified atom stereocenters. The number of piperidine rings is 1. The van der Waals surface area contributed by atoms with Gasteiger partial charge in [0.25, 0.3) is 0 Å². The third kappa shape index (κ3) is 3.89. The molecule has 0 amide bonds. The number of carbonyl (C=O) groups is 1. The molecule has 6 nitrogen and oxygen atoms in total. The highest BCUT2D eigenvalue weighted by molar-refractivity contribution is 5.80. The van der Waals surface area contributed by atoms with Crippen molar-refractivity contribution in [1.82, 2.24) is 20.1 Å². The van der Waals surface area contributed by atoms with Crippen LogP contribution in [0.1, 0.15) is 25.1 Å². The van der Waals surface area contributed by atoms with Crippen LogP contribution in [0.25, 0.3) is 0 Å². The van der Waals surface area contributed by atoms with Gasteiger partial charge >= 0.3 is 0 Å². The van der Waals surface area contributed by atoms with Crippen LogP contribution < -0.4 is 5.32 Å². The zero-order valence-electron chi connectivity index (χ0n) is 10.8. The summed E-state index contributed by atoms with van der Waals surface area (Å²) in [5.74, 6) is 0.863. The maximum absolute atomic E-state index is 11.7. The van der Waals surface area contributed by atoms with Crippen LogP contribution in [0.5, 0.6) is 0 Å². The highest BCUT2D eigenvalue weighted by atomic mass is 16.5. The van der Waals surface area contributed by atoms with E-state index in [9.17, 15) is 4.79 Å². The Kier molecular flexibility index (Phi) is 4.83. The summed E-state index contributed by atoms with van der Waals surface area (Å²) in [4.78, 5) is 15.8. The molecule has 1 aliphatic heterocycles. The lowest BCUT2D eigenvalue weighted by Gasteiger charge is -2.22. The molecule has 0 bridgehead atoms. The second kappa shape index (κ2) is 6.61. The number of aryl methyl sites for hydroxylation is 1. The lowest BCUT2D eigenvalue weighted by Crippen LogP contribution is -2.32. The van der Waals surface area contributed by atoms with Gasteiger partial charge in [-0.25, -0.2) is 4.98 Å². The van der Waals surface area contributed by atoms with Crippen molar-refractivity contribution in [2.24, 2.45) is 7.05 Å². The Morgan fingerprint density at radius 2 is 2.33 bits per heavy atom. The molecule has 0 aromatic carbocycles. The first-order valence-corrected chi connectivity index (χ1v) is 6.42. The van der Waals surface area contributed by atoms with Gasteiger partial charge in [-0.05, 0) is 25.9 Å². The fraction of sp³-hybridized carbons (Fsp3) is 0.750. The maximum atomic E-state index is 11.7. The molecule has 0 spiro atoms. The zero-order valence-corrected chi connectivity index (χ0v) is 10.8. The van der Waals surface area contributed by atoms with E-state index in [4.69, 9.17) is 4.74 Å². The van der Waals surface area contributed by atoms with Gasteiger partial charge in [-0.3, -0.25) is 9.48 Å². The lowest BCUT2D eigenvalue weighted by atomic mass is 10.1. The Morgan fingerprint density at radius 1 is 1.56 bits per heavy atom. The molecular formula is C12H20N4O2. The molecule has 1 N–H and O–H groups in total. The summed E-state index contributed by atoms with van der Waals surface area (Å²) in [6.45, 7) is 2.54. The monoisotopic (exact) mass is 252 g/mol. The van der Waals surface area contributed by atoms with Crippen molar-refractivity contribution in [1.29, 1.82) is 0 Å². The Balaban J connectivity index is 1.64. The second-order valence-corrected chi connectivity index (χ2v) is 4.59. The van der Waals surface area contributed by atoms with Crippen LogP contribution in [0.3, 0.4) is 0 Å². The smallest absolute Gasteiger partial charge is 0.142 e. The average molecular weight is 252 g/mol. The molecule has 0 saturated carbocycles. The van der Waals surface area contributed by atoms with Crippen LogP contribution in [0, 0.1) is 0 Å². The Hall–Kier alpha value is -1.27. The first-order valence-electron chi connectivity index (χ1n) is 6.42. The van der Waals surface area contributed by atoms with Gasteiger partial charge in [0.05, 0.1) is 19.1 Å². The number of nitrogens with one attached hydrogen (secondary N) is 1. The summed E-state index contributed by atoms with van der Waals surface area (Å²) in [5, 5.41) is 7.22. The molecule has 1 aromatic rings. The van der Waals surface area contributed by atoms with E-state index in [0.29, 0.717) is 31.4 Å². The van der Waals surface area contributed by atoms with Crippen LogP contribution in [0.15, 0.2) is 6.33 Å². The Labute approximate surface area is 107 Å². The third-order valence-electron chi connectivity index (χ3n) is 3.18. The highest BCUT2D eigenvalue weighted by Crippen LogP contribution is 2.07. The van der Waals surface area contributed by atoms with E-state index < -0.39 is 0 Å². The predicted molar refractivity (Wildman–Crippen MR) is 66.2 cm³/mol. The molecule has 2 heterocycles. The quantitative estimate of drug-likeness (QED) is 0.777. The van der Waals surface area contributed by atoms with Gasteiger partial charge < -0.3 is 10.1 Å². The molecule has 1 aromatic heterocycles. The van der Waals surface area contributed by atoms with Crippen LogP contribution in [0.2, 0.25) is 0 Å². The normalized spacial score (nSPS) is 16.9. The van der Waals surface area contributed by atoms with Gasteiger partial charge in [-0.2, -0.15) is 5.10 Å². The summed E-state index contributed by atoms with van der Waals surface area (Å²) in [6.07, 6.45) is 4.65. The van der Waals surface area contributed by atoms with E-state index in [2.05, 4.69) is 15.4 Å². The standard InChI is InChI=1S/C12H20N4O2/c1-16-12(14-9-15-16)8-10(17)4-7-18-11-2-5-13-6-3-11/h9,11,13H,2-8H2,1H3. The molecule has 0 radical (unpaired) electrons. The maximum Gasteiger partial charge on any atom is 0.142 e. The molecule has 6 heteroatoms. The first-order chi connectivity index (χ1) is 8.75. The summed E-state index contributed by atoms with van der Waals surface area (Å²) in [6, 6.07) is 0. The van der Waals surface area contributed by atoms with Crippen LogP contribution in [0.4, 0.5) is 0 Å². The van der Waals surface area contributed by atoms with Crippen molar-refractivity contribution in [3.05, 3.63) is 12.2 Å². The van der Waals surface area contributed by atoms with E-state index >= 15 is 0 Å². The number of ether oxygens (including phenoxy) is 1. The SMILES string of the molecule is Cn1ncnc1CC(=O)CCOC1CCNCC1. The minimum absolute atomic E-state index is 0.153. The lowest BCUT2D eigenvalue weighted by molar-refractivity contribution is -0.120. The van der Waals surface area contributed by atoms with E-state index in [0.717, 1.165) is 25.9 Å². The van der Waals surface area contributed by atoms with Crippen molar-refractivity contribution in [2.75, 3.05) is 19.7 Å². The number of hydrogen-bond donors (Lipinski definition) is 1. The molecule has 100 valence electrons. The predicted octanol–water partition coefficient (Wildman–Crippen LogP) is 0.0854. The van der Waals surface area contributed by atoms with Crippen LogP contribution >= 0.6 is 0 Å². The molecule has 0 aliphatic carbocycles. The minimum Gasteiger partial charge on any atom is -0.378 e. The third-order valence-corrected chi connectivity index (χ3v) is 3.18. The number of aromatic nitrogens is 3. The van der Waals surface area contributed by atoms with E-state index in [-0.39, 0.29) is 5.78 Å². The summed E-state index contributed by atoms with van der Waals surface area (Å²) in [5.41, 5.74) is 0. The van der Waals surface area contributed by atoms with Gasteiger partial charge in [0.15, 0.2) is 0 Å². The largest absolute Gasteiger partial charge is 0.378 e. The Bertz CT molecular complexity index is 385. The van der Waals surface area contributed by atoms with E-state index in [1.54, 1.807) is 11.7 Å². The van der Waals surface area contributed by atoms with Gasteiger partial charge in [-0.1, -0.05) is 0 Å². The summed E-state index contributed by atoms with van der Waals surface area (Å²) >= 11 is 0. The fourth-order valence-electron chi connectivity index (χ4n) is 2.05. The van der Waals surface area contributed by atoms with Gasteiger partial charge in [0.1, 0.15) is 17.9 Å². The number of hydrogen-bond acceptors (Lipinski definition) is 5. The van der Waals surface area contributed by atoms with Crippen molar-refractivity contribution in [3.63, 3.8) is 0 Å². The molecule has 2 rings (SSSR count).